The van der Waals surface area contributed by atoms with E-state index in [1.54, 1.807) is 10.3 Å². The van der Waals surface area contributed by atoms with Crippen LogP contribution in [0.15, 0.2) is 35.7 Å². The molecule has 1 aliphatic heterocycles. The molecule has 0 atom stereocenters. The molecular formula is C16H15N5O2S. The number of nitrogens with zero attached hydrogens (tertiary/aromatic N) is 4. The van der Waals surface area contributed by atoms with Crippen LogP contribution in [-0.4, -0.2) is 37.1 Å². The summed E-state index contributed by atoms with van der Waals surface area (Å²) in [6, 6.07) is 9.61. The molecule has 0 unspecified atom stereocenters. The third kappa shape index (κ3) is 2.88. The van der Waals surface area contributed by atoms with Crippen molar-refractivity contribution in [2.24, 2.45) is 0 Å². The smallest absolute Gasteiger partial charge is 0.275 e. The maximum Gasteiger partial charge on any atom is 0.275 e. The molecule has 0 aliphatic carbocycles. The summed E-state index contributed by atoms with van der Waals surface area (Å²) in [6.07, 6.45) is 0.747. The monoisotopic (exact) mass is 341 g/mol. The fourth-order valence-electron chi connectivity index (χ4n) is 2.74. The van der Waals surface area contributed by atoms with Crippen LogP contribution in [0.1, 0.15) is 27.4 Å². The average molecular weight is 341 g/mol. The second kappa shape index (κ2) is 6.40. The van der Waals surface area contributed by atoms with Crippen LogP contribution in [-0.2, 0) is 19.6 Å². The molecule has 1 aliphatic rings. The molecule has 0 fully saturated rings. The highest BCUT2D eigenvalue weighted by molar-refractivity contribution is 7.03. The fourth-order valence-corrected chi connectivity index (χ4v) is 3.17. The Morgan fingerprint density at radius 3 is 3.00 bits per heavy atom. The van der Waals surface area contributed by atoms with Gasteiger partial charge in [-0.1, -0.05) is 22.7 Å². The summed E-state index contributed by atoms with van der Waals surface area (Å²) in [5.74, 6) is 0.706. The molecule has 0 saturated carbocycles. The molecule has 3 aromatic rings. The number of amides is 1. The van der Waals surface area contributed by atoms with Crippen molar-refractivity contribution < 1.29 is 9.53 Å². The molecular weight excluding hydrogens is 326 g/mol. The summed E-state index contributed by atoms with van der Waals surface area (Å²) in [5.41, 5.74) is 3.34. The first-order chi connectivity index (χ1) is 11.8. The van der Waals surface area contributed by atoms with Gasteiger partial charge in [-0.05, 0) is 23.7 Å². The van der Waals surface area contributed by atoms with Crippen LogP contribution in [0.2, 0.25) is 0 Å². The lowest BCUT2D eigenvalue weighted by molar-refractivity contribution is 0.0727. The molecule has 7 nitrogen and oxygen atoms in total. The average Bonchev–Trinajstić information content (AvgIpc) is 3.30. The molecule has 0 spiro atoms. The van der Waals surface area contributed by atoms with E-state index in [1.165, 1.54) is 11.5 Å². The van der Waals surface area contributed by atoms with Gasteiger partial charge in [0.2, 0.25) is 0 Å². The Morgan fingerprint density at radius 1 is 1.33 bits per heavy atom. The molecule has 2 aromatic heterocycles. The lowest BCUT2D eigenvalue weighted by Crippen LogP contribution is -2.36. The Labute approximate surface area is 142 Å². The number of H-pyrrole nitrogens is 1. The van der Waals surface area contributed by atoms with Gasteiger partial charge in [0.25, 0.3) is 5.91 Å². The molecule has 0 saturated heterocycles. The minimum atomic E-state index is -0.0921. The molecule has 1 N–H and O–H groups in total. The molecule has 8 heteroatoms. The number of nitrogens with one attached hydrogen (secondary N) is 1. The lowest BCUT2D eigenvalue weighted by atomic mass is 10.1. The number of rotatable bonds is 4. The van der Waals surface area contributed by atoms with Gasteiger partial charge in [-0.15, -0.1) is 5.10 Å². The first-order valence-electron chi connectivity index (χ1n) is 7.60. The maximum absolute atomic E-state index is 12.5. The van der Waals surface area contributed by atoms with Gasteiger partial charge in [-0.2, -0.15) is 5.10 Å². The topological polar surface area (TPSA) is 84.0 Å². The van der Waals surface area contributed by atoms with E-state index in [0.29, 0.717) is 25.4 Å². The SMILES string of the molecule is O=C(c1csnn1)N1CCc2[nH]nc(COc3ccccc3)c2C1. The number of carbonyl (C=O) groups is 1. The number of para-hydroxylation sites is 1. The van der Waals surface area contributed by atoms with Crippen LogP contribution >= 0.6 is 11.5 Å². The van der Waals surface area contributed by atoms with Crippen molar-refractivity contribution in [1.29, 1.82) is 0 Å². The Hall–Kier alpha value is -2.74. The van der Waals surface area contributed by atoms with Gasteiger partial charge in [0.15, 0.2) is 5.69 Å². The number of hydrogen-bond acceptors (Lipinski definition) is 6. The minimum absolute atomic E-state index is 0.0921. The van der Waals surface area contributed by atoms with Crippen LogP contribution in [0.5, 0.6) is 5.75 Å². The summed E-state index contributed by atoms with van der Waals surface area (Å²) >= 11 is 1.18. The predicted molar refractivity (Wildman–Crippen MR) is 87.7 cm³/mol. The van der Waals surface area contributed by atoms with E-state index >= 15 is 0 Å². The van der Waals surface area contributed by atoms with Gasteiger partial charge in [0.1, 0.15) is 18.1 Å². The maximum atomic E-state index is 12.5. The number of aromatic amines is 1. The van der Waals surface area contributed by atoms with Crippen LogP contribution in [0.4, 0.5) is 0 Å². The van der Waals surface area contributed by atoms with Crippen LogP contribution in [0.25, 0.3) is 0 Å². The lowest BCUT2D eigenvalue weighted by Gasteiger charge is -2.26. The summed E-state index contributed by atoms with van der Waals surface area (Å²) in [7, 11) is 0. The third-order valence-corrected chi connectivity index (χ3v) is 4.51. The summed E-state index contributed by atoms with van der Waals surface area (Å²) < 4.78 is 9.54. The molecule has 1 amide bonds. The molecule has 1 aromatic carbocycles. The Morgan fingerprint density at radius 2 is 2.21 bits per heavy atom. The van der Waals surface area contributed by atoms with E-state index in [9.17, 15) is 4.79 Å². The normalized spacial score (nSPS) is 13.6. The third-order valence-electron chi connectivity index (χ3n) is 4.00. The van der Waals surface area contributed by atoms with Crippen LogP contribution in [0, 0.1) is 0 Å². The van der Waals surface area contributed by atoms with Gasteiger partial charge < -0.3 is 9.64 Å². The highest BCUT2D eigenvalue weighted by Crippen LogP contribution is 2.23. The molecule has 0 radical (unpaired) electrons. The van der Waals surface area contributed by atoms with E-state index < -0.39 is 0 Å². The second-order valence-electron chi connectivity index (χ2n) is 5.50. The summed E-state index contributed by atoms with van der Waals surface area (Å²) in [5, 5.41) is 13.0. The molecule has 0 bridgehead atoms. The standard InChI is InChI=1S/C16H15N5O2S/c22-16(15-10-24-20-19-15)21-7-6-13-12(8-21)14(18-17-13)9-23-11-4-2-1-3-5-11/h1-5,10H,6-9H2,(H,17,18). The van der Waals surface area contributed by atoms with E-state index in [0.717, 1.165) is 29.1 Å². The first-order valence-corrected chi connectivity index (χ1v) is 8.44. The molecule has 4 rings (SSSR count). The second-order valence-corrected chi connectivity index (χ2v) is 6.11. The van der Waals surface area contributed by atoms with Crippen molar-refractivity contribution in [3.8, 4) is 5.75 Å². The Balaban J connectivity index is 1.48. The van der Waals surface area contributed by atoms with Crippen molar-refractivity contribution in [3.05, 3.63) is 58.4 Å². The molecule has 24 heavy (non-hydrogen) atoms. The number of fused-ring (bicyclic) bond motifs is 1. The zero-order chi connectivity index (χ0) is 16.4. The van der Waals surface area contributed by atoms with Gasteiger partial charge in [0, 0.05) is 36.1 Å². The zero-order valence-corrected chi connectivity index (χ0v) is 13.6. The minimum Gasteiger partial charge on any atom is -0.487 e. The molecule has 3 heterocycles. The Bertz CT molecular complexity index is 832. The van der Waals surface area contributed by atoms with E-state index in [-0.39, 0.29) is 5.91 Å². The van der Waals surface area contributed by atoms with Crippen LogP contribution < -0.4 is 4.74 Å². The van der Waals surface area contributed by atoms with Gasteiger partial charge >= 0.3 is 0 Å². The van der Waals surface area contributed by atoms with Gasteiger partial charge in [-0.3, -0.25) is 9.89 Å². The van der Waals surface area contributed by atoms with Crippen LogP contribution in [0.3, 0.4) is 0 Å². The molecule has 122 valence electrons. The van der Waals surface area contributed by atoms with Crippen molar-refractivity contribution >= 4 is 17.4 Å². The number of hydrogen-bond donors (Lipinski definition) is 1. The van der Waals surface area contributed by atoms with E-state index in [1.807, 2.05) is 30.3 Å². The first kappa shape index (κ1) is 14.8. The summed E-state index contributed by atoms with van der Waals surface area (Å²) in [6.45, 7) is 1.52. The number of ether oxygens (including phenoxy) is 1. The van der Waals surface area contributed by atoms with Crippen molar-refractivity contribution in [2.75, 3.05) is 6.54 Å². The Kier molecular flexibility index (Phi) is 3.96. The summed E-state index contributed by atoms with van der Waals surface area (Å²) in [4.78, 5) is 14.2. The fraction of sp³-hybridized carbons (Fsp3) is 0.250. The number of aromatic nitrogens is 4. The van der Waals surface area contributed by atoms with Crippen molar-refractivity contribution in [3.63, 3.8) is 0 Å². The van der Waals surface area contributed by atoms with Gasteiger partial charge in [-0.25, -0.2) is 0 Å². The van der Waals surface area contributed by atoms with Crippen molar-refractivity contribution in [1.82, 2.24) is 24.7 Å². The largest absolute Gasteiger partial charge is 0.487 e. The highest BCUT2D eigenvalue weighted by Gasteiger charge is 2.27. The van der Waals surface area contributed by atoms with Crippen molar-refractivity contribution in [2.45, 2.75) is 19.6 Å². The highest BCUT2D eigenvalue weighted by atomic mass is 32.1. The predicted octanol–water partition coefficient (Wildman–Crippen LogP) is 2.04. The van der Waals surface area contributed by atoms with E-state index in [2.05, 4.69) is 19.8 Å². The quantitative estimate of drug-likeness (QED) is 0.785. The zero-order valence-electron chi connectivity index (χ0n) is 12.8. The number of benzene rings is 1. The van der Waals surface area contributed by atoms with E-state index in [4.69, 9.17) is 4.74 Å². The number of carbonyl (C=O) groups excluding carboxylic acids is 1. The van der Waals surface area contributed by atoms with Gasteiger partial charge in [0.05, 0.1) is 0 Å².